The van der Waals surface area contributed by atoms with Crippen molar-refractivity contribution in [2.45, 2.75) is 32.9 Å². The van der Waals surface area contributed by atoms with Crippen molar-refractivity contribution in [2.75, 3.05) is 49.8 Å². The minimum absolute atomic E-state index is 0.200. The standard InChI is InChI=1S/C21H29N7O2/c1-14(2)27(9-11-29-4)21-25-19-17(20(26-21)28-10-12-30-13-15(28)3)23-18(24-19)16-7-5-6-8-22-16/h5-8,14-15H,9-13H2,1-4H3,(H,23,24,25,26)/t15-/m0/s1. The fourth-order valence-electron chi connectivity index (χ4n) is 3.65. The molecule has 1 aliphatic rings. The highest BCUT2D eigenvalue weighted by molar-refractivity contribution is 5.87. The number of morpholine rings is 1. The van der Waals surface area contributed by atoms with E-state index in [4.69, 9.17) is 24.4 Å². The summed E-state index contributed by atoms with van der Waals surface area (Å²) in [6.07, 6.45) is 1.76. The van der Waals surface area contributed by atoms with Crippen LogP contribution in [0.5, 0.6) is 0 Å². The monoisotopic (exact) mass is 411 g/mol. The first-order valence-electron chi connectivity index (χ1n) is 10.4. The quantitative estimate of drug-likeness (QED) is 0.634. The average molecular weight is 412 g/mol. The Bertz CT molecular complexity index is 976. The third kappa shape index (κ3) is 4.08. The molecule has 160 valence electrons. The molecule has 30 heavy (non-hydrogen) atoms. The predicted octanol–water partition coefficient (Wildman–Crippen LogP) is 2.50. The van der Waals surface area contributed by atoms with Gasteiger partial charge < -0.3 is 24.3 Å². The van der Waals surface area contributed by atoms with Crippen LogP contribution in [-0.4, -0.2) is 77.0 Å². The van der Waals surface area contributed by atoms with E-state index in [1.54, 1.807) is 13.3 Å². The lowest BCUT2D eigenvalue weighted by molar-refractivity contribution is 0.0986. The fraction of sp³-hybridized carbons (Fsp3) is 0.524. The number of H-pyrrole nitrogens is 1. The van der Waals surface area contributed by atoms with E-state index in [2.05, 4.69) is 40.5 Å². The van der Waals surface area contributed by atoms with Crippen molar-refractivity contribution < 1.29 is 9.47 Å². The molecule has 1 aliphatic heterocycles. The summed E-state index contributed by atoms with van der Waals surface area (Å²) in [6, 6.07) is 6.20. The maximum atomic E-state index is 5.64. The van der Waals surface area contributed by atoms with Crippen LogP contribution in [0, 0.1) is 0 Å². The number of ether oxygens (including phenoxy) is 2. The van der Waals surface area contributed by atoms with Crippen LogP contribution in [0.1, 0.15) is 20.8 Å². The summed E-state index contributed by atoms with van der Waals surface area (Å²) in [5, 5.41) is 0. The molecule has 0 bridgehead atoms. The van der Waals surface area contributed by atoms with E-state index in [0.29, 0.717) is 43.8 Å². The second kappa shape index (κ2) is 8.93. The number of pyridine rings is 1. The molecule has 1 N–H and O–H groups in total. The summed E-state index contributed by atoms with van der Waals surface area (Å²) in [7, 11) is 1.71. The molecule has 0 unspecified atom stereocenters. The van der Waals surface area contributed by atoms with Gasteiger partial charge in [-0.25, -0.2) is 4.98 Å². The van der Waals surface area contributed by atoms with E-state index in [1.807, 2.05) is 18.2 Å². The van der Waals surface area contributed by atoms with Gasteiger partial charge in [-0.3, -0.25) is 4.98 Å². The van der Waals surface area contributed by atoms with Crippen LogP contribution in [-0.2, 0) is 9.47 Å². The molecule has 1 atom stereocenters. The second-order valence-electron chi connectivity index (χ2n) is 7.74. The van der Waals surface area contributed by atoms with Gasteiger partial charge in [-0.2, -0.15) is 9.97 Å². The highest BCUT2D eigenvalue weighted by Gasteiger charge is 2.27. The maximum Gasteiger partial charge on any atom is 0.229 e. The van der Waals surface area contributed by atoms with Gasteiger partial charge in [0.25, 0.3) is 0 Å². The highest BCUT2D eigenvalue weighted by Crippen LogP contribution is 2.30. The van der Waals surface area contributed by atoms with Crippen molar-refractivity contribution >= 4 is 22.9 Å². The number of aromatic nitrogens is 5. The van der Waals surface area contributed by atoms with Crippen molar-refractivity contribution in [3.8, 4) is 11.5 Å². The molecule has 4 rings (SSSR count). The predicted molar refractivity (Wildman–Crippen MR) is 117 cm³/mol. The number of hydrogen-bond acceptors (Lipinski definition) is 8. The Labute approximate surface area is 176 Å². The first kappa shape index (κ1) is 20.5. The van der Waals surface area contributed by atoms with E-state index in [1.165, 1.54) is 0 Å². The van der Waals surface area contributed by atoms with Gasteiger partial charge in [0.1, 0.15) is 5.69 Å². The first-order valence-corrected chi connectivity index (χ1v) is 10.4. The summed E-state index contributed by atoms with van der Waals surface area (Å²) in [5.41, 5.74) is 2.24. The molecule has 4 heterocycles. The first-order chi connectivity index (χ1) is 14.6. The second-order valence-corrected chi connectivity index (χ2v) is 7.74. The molecule has 0 aliphatic carbocycles. The summed E-state index contributed by atoms with van der Waals surface area (Å²) in [6.45, 7) is 9.81. The molecule has 0 aromatic carbocycles. The number of fused-ring (bicyclic) bond motifs is 1. The van der Waals surface area contributed by atoms with Crippen molar-refractivity contribution in [3.63, 3.8) is 0 Å². The molecular weight excluding hydrogens is 382 g/mol. The van der Waals surface area contributed by atoms with E-state index in [-0.39, 0.29) is 12.1 Å². The molecule has 1 fully saturated rings. The van der Waals surface area contributed by atoms with Crippen LogP contribution in [0.2, 0.25) is 0 Å². The van der Waals surface area contributed by atoms with Crippen LogP contribution in [0.15, 0.2) is 24.4 Å². The zero-order valence-electron chi connectivity index (χ0n) is 18.0. The van der Waals surface area contributed by atoms with Crippen LogP contribution in [0.4, 0.5) is 11.8 Å². The largest absolute Gasteiger partial charge is 0.383 e. The Kier molecular flexibility index (Phi) is 6.10. The summed E-state index contributed by atoms with van der Waals surface area (Å²) in [4.78, 5) is 26.8. The zero-order valence-corrected chi connectivity index (χ0v) is 18.0. The molecule has 3 aromatic rings. The Morgan fingerprint density at radius 2 is 2.17 bits per heavy atom. The summed E-state index contributed by atoms with van der Waals surface area (Å²) >= 11 is 0. The molecule has 9 nitrogen and oxygen atoms in total. The van der Waals surface area contributed by atoms with Crippen molar-refractivity contribution in [1.82, 2.24) is 24.9 Å². The maximum absolute atomic E-state index is 5.64. The van der Waals surface area contributed by atoms with Crippen LogP contribution in [0.3, 0.4) is 0 Å². The molecule has 0 amide bonds. The lowest BCUT2D eigenvalue weighted by atomic mass is 10.2. The van der Waals surface area contributed by atoms with Crippen molar-refractivity contribution in [3.05, 3.63) is 24.4 Å². The van der Waals surface area contributed by atoms with Gasteiger partial charge in [0.2, 0.25) is 5.95 Å². The lowest BCUT2D eigenvalue weighted by Crippen LogP contribution is -2.44. The van der Waals surface area contributed by atoms with Crippen LogP contribution >= 0.6 is 0 Å². The van der Waals surface area contributed by atoms with Gasteiger partial charge in [-0.1, -0.05) is 6.07 Å². The number of hydrogen-bond donors (Lipinski definition) is 1. The van der Waals surface area contributed by atoms with Gasteiger partial charge in [0.05, 0.1) is 25.9 Å². The van der Waals surface area contributed by atoms with Crippen LogP contribution in [0.25, 0.3) is 22.7 Å². The Morgan fingerprint density at radius 3 is 2.87 bits per heavy atom. The number of anilines is 2. The van der Waals surface area contributed by atoms with E-state index < -0.39 is 0 Å². The number of nitrogens with one attached hydrogen (secondary N) is 1. The van der Waals surface area contributed by atoms with E-state index in [9.17, 15) is 0 Å². The number of rotatable bonds is 7. The summed E-state index contributed by atoms with van der Waals surface area (Å²) in [5.74, 6) is 2.18. The highest BCUT2D eigenvalue weighted by atomic mass is 16.5. The number of methoxy groups -OCH3 is 1. The molecule has 0 spiro atoms. The van der Waals surface area contributed by atoms with Gasteiger partial charge in [-0.05, 0) is 32.9 Å². The van der Waals surface area contributed by atoms with Gasteiger partial charge in [-0.15, -0.1) is 0 Å². The Hall–Kier alpha value is -2.78. The van der Waals surface area contributed by atoms with E-state index in [0.717, 1.165) is 23.6 Å². The molecule has 9 heteroatoms. The minimum Gasteiger partial charge on any atom is -0.383 e. The lowest BCUT2D eigenvalue weighted by Gasteiger charge is -2.35. The molecule has 3 aromatic heterocycles. The third-order valence-corrected chi connectivity index (χ3v) is 5.28. The van der Waals surface area contributed by atoms with Gasteiger partial charge >= 0.3 is 0 Å². The topological polar surface area (TPSA) is 92.3 Å². The van der Waals surface area contributed by atoms with Crippen molar-refractivity contribution in [1.29, 1.82) is 0 Å². The SMILES string of the molecule is COCCN(c1nc(N2CCOC[C@@H]2C)c2nc(-c3ccccn3)[nH]c2n1)C(C)C. The third-order valence-electron chi connectivity index (χ3n) is 5.28. The van der Waals surface area contributed by atoms with Gasteiger partial charge in [0.15, 0.2) is 22.8 Å². The van der Waals surface area contributed by atoms with Crippen molar-refractivity contribution in [2.24, 2.45) is 0 Å². The number of nitrogens with zero attached hydrogens (tertiary/aromatic N) is 6. The number of imidazole rings is 1. The summed E-state index contributed by atoms with van der Waals surface area (Å²) < 4.78 is 10.9. The molecule has 0 saturated carbocycles. The van der Waals surface area contributed by atoms with E-state index >= 15 is 0 Å². The molecular formula is C21H29N7O2. The average Bonchev–Trinajstić information content (AvgIpc) is 3.19. The normalized spacial score (nSPS) is 17.1. The van der Waals surface area contributed by atoms with Gasteiger partial charge in [0, 0.05) is 32.4 Å². The smallest absolute Gasteiger partial charge is 0.229 e. The van der Waals surface area contributed by atoms with Crippen LogP contribution < -0.4 is 9.80 Å². The fourth-order valence-corrected chi connectivity index (χ4v) is 3.65. The zero-order chi connectivity index (χ0) is 21.1. The molecule has 0 radical (unpaired) electrons. The Balaban J connectivity index is 1.85. The Morgan fingerprint density at radius 1 is 1.30 bits per heavy atom. The molecule has 1 saturated heterocycles. The minimum atomic E-state index is 0.200. The number of aromatic amines is 1.